The van der Waals surface area contributed by atoms with Crippen molar-refractivity contribution in [2.45, 2.75) is 97.4 Å². The van der Waals surface area contributed by atoms with Crippen molar-refractivity contribution in [3.63, 3.8) is 0 Å². The van der Waals surface area contributed by atoms with Crippen LogP contribution in [0.25, 0.3) is 0 Å². The lowest BCUT2D eigenvalue weighted by atomic mass is 9.45. The van der Waals surface area contributed by atoms with Gasteiger partial charge in [0.05, 0.1) is 6.10 Å². The van der Waals surface area contributed by atoms with E-state index in [1.54, 1.807) is 0 Å². The molecule has 0 aromatic heterocycles. The average Bonchev–Trinajstić information content (AvgIpc) is 2.83. The summed E-state index contributed by atoms with van der Waals surface area (Å²) in [4.78, 5) is 12.0. The predicted molar refractivity (Wildman–Crippen MR) is 105 cm³/mol. The Kier molecular flexibility index (Phi) is 4.32. The highest BCUT2D eigenvalue weighted by Crippen LogP contribution is 2.66. The molecule has 0 aliphatic heterocycles. The molecule has 4 aliphatic carbocycles. The average molecular weight is 363 g/mol. The molecule has 7 atom stereocenters. The molecule has 0 radical (unpaired) electrons. The third kappa shape index (κ3) is 2.88. The van der Waals surface area contributed by atoms with E-state index in [2.05, 4.69) is 33.5 Å². The van der Waals surface area contributed by atoms with Gasteiger partial charge in [-0.15, -0.1) is 0 Å². The van der Waals surface area contributed by atoms with E-state index in [1.807, 2.05) is 0 Å². The fourth-order valence-electron chi connectivity index (χ4n) is 7.62. The smallest absolute Gasteiger partial charge is 0.184 e. The molecule has 3 heteroatoms. The van der Waals surface area contributed by atoms with Gasteiger partial charge in [-0.2, -0.15) is 0 Å². The van der Waals surface area contributed by atoms with Crippen molar-refractivity contribution < 1.29 is 9.22 Å². The molecule has 25 heavy (non-hydrogen) atoms. The quantitative estimate of drug-likeness (QED) is 0.579. The molecule has 2 nitrogen and oxygen atoms in total. The topological polar surface area (TPSA) is 26.3 Å². The zero-order chi connectivity index (χ0) is 18.0. The Morgan fingerprint density at radius 2 is 1.64 bits per heavy atom. The lowest BCUT2D eigenvalue weighted by Gasteiger charge is -2.60. The number of carbonyl (C=O) groups is 1. The number of rotatable bonds is 2. The van der Waals surface area contributed by atoms with Crippen LogP contribution in [0, 0.1) is 34.5 Å². The first-order valence-electron chi connectivity index (χ1n) is 10.8. The third-order valence-corrected chi connectivity index (χ3v) is 9.88. The number of hydrogen-bond donors (Lipinski definition) is 0. The van der Waals surface area contributed by atoms with Gasteiger partial charge in [-0.1, -0.05) is 13.8 Å². The highest BCUT2D eigenvalue weighted by atomic mass is 28.4. The van der Waals surface area contributed by atoms with Gasteiger partial charge in [0.25, 0.3) is 0 Å². The summed E-state index contributed by atoms with van der Waals surface area (Å²) in [5, 5.41) is 0. The second-order valence-corrected chi connectivity index (χ2v) is 15.7. The zero-order valence-corrected chi connectivity index (χ0v) is 18.1. The van der Waals surface area contributed by atoms with Crippen molar-refractivity contribution in [3.05, 3.63) is 0 Å². The number of ketones is 1. The van der Waals surface area contributed by atoms with Gasteiger partial charge in [-0.3, -0.25) is 4.79 Å². The molecule has 2 unspecified atom stereocenters. The maximum Gasteiger partial charge on any atom is 0.184 e. The van der Waals surface area contributed by atoms with Crippen LogP contribution in [-0.4, -0.2) is 20.2 Å². The first kappa shape index (κ1) is 18.2. The van der Waals surface area contributed by atoms with Crippen LogP contribution < -0.4 is 0 Å². The van der Waals surface area contributed by atoms with Crippen LogP contribution in [-0.2, 0) is 9.22 Å². The molecule has 4 fully saturated rings. The Morgan fingerprint density at radius 3 is 2.36 bits per heavy atom. The van der Waals surface area contributed by atoms with Crippen LogP contribution >= 0.6 is 0 Å². The summed E-state index contributed by atoms with van der Waals surface area (Å²) in [7, 11) is -1.48. The second-order valence-electron chi connectivity index (χ2n) is 11.2. The van der Waals surface area contributed by atoms with Gasteiger partial charge >= 0.3 is 0 Å². The largest absolute Gasteiger partial charge is 0.414 e. The van der Waals surface area contributed by atoms with Crippen LogP contribution in [0.5, 0.6) is 0 Å². The standard InChI is InChI=1S/C22H38O2Si/c1-21-12-10-16(23)14-15(21)6-7-17-18-8-9-20(24-25(3,4)5)22(18,2)13-11-19(17)21/h15,17-20H,6-14H2,1-5H3/t15?,17-,18-,19-,20?,21-,22-/m0/s1. The van der Waals surface area contributed by atoms with Gasteiger partial charge in [0.15, 0.2) is 8.32 Å². The van der Waals surface area contributed by atoms with E-state index in [4.69, 9.17) is 4.43 Å². The Bertz CT molecular complexity index is 553. The van der Waals surface area contributed by atoms with Crippen LogP contribution in [0.1, 0.15) is 71.6 Å². The molecule has 0 aromatic carbocycles. The van der Waals surface area contributed by atoms with Crippen LogP contribution in [0.4, 0.5) is 0 Å². The maximum absolute atomic E-state index is 12.0. The first-order chi connectivity index (χ1) is 11.6. The van der Waals surface area contributed by atoms with E-state index < -0.39 is 8.32 Å². The van der Waals surface area contributed by atoms with E-state index in [-0.39, 0.29) is 0 Å². The van der Waals surface area contributed by atoms with E-state index in [0.717, 1.165) is 37.0 Å². The van der Waals surface area contributed by atoms with Gasteiger partial charge in [0, 0.05) is 12.8 Å². The zero-order valence-electron chi connectivity index (χ0n) is 17.1. The van der Waals surface area contributed by atoms with Crippen LogP contribution in [0.2, 0.25) is 19.6 Å². The maximum atomic E-state index is 12.0. The van der Waals surface area contributed by atoms with Gasteiger partial charge in [0.2, 0.25) is 0 Å². The molecule has 0 spiro atoms. The van der Waals surface area contributed by atoms with Gasteiger partial charge in [-0.25, -0.2) is 0 Å². The summed E-state index contributed by atoms with van der Waals surface area (Å²) >= 11 is 0. The summed E-state index contributed by atoms with van der Waals surface area (Å²) in [6.07, 6.45) is 11.5. The number of fused-ring (bicyclic) bond motifs is 5. The van der Waals surface area contributed by atoms with Crippen molar-refractivity contribution in [2.75, 3.05) is 0 Å². The minimum atomic E-state index is -1.48. The number of Topliss-reactive ketones (excluding diaryl/α,β-unsaturated/α-hetero) is 1. The molecule has 142 valence electrons. The van der Waals surface area contributed by atoms with Gasteiger partial charge in [0.1, 0.15) is 5.78 Å². The van der Waals surface area contributed by atoms with Crippen molar-refractivity contribution in [2.24, 2.45) is 34.5 Å². The number of carbonyl (C=O) groups excluding carboxylic acids is 1. The lowest BCUT2D eigenvalue weighted by Crippen LogP contribution is -2.54. The molecule has 0 N–H and O–H groups in total. The summed E-state index contributed by atoms with van der Waals surface area (Å²) in [6.45, 7) is 12.2. The highest BCUT2D eigenvalue weighted by Gasteiger charge is 2.60. The van der Waals surface area contributed by atoms with E-state index in [0.29, 0.717) is 28.6 Å². The molecule has 0 aromatic rings. The number of hydrogen-bond acceptors (Lipinski definition) is 2. The summed E-state index contributed by atoms with van der Waals surface area (Å²) < 4.78 is 6.69. The molecular formula is C22H38O2Si. The fraction of sp³-hybridized carbons (Fsp3) is 0.955. The van der Waals surface area contributed by atoms with Crippen LogP contribution in [0.15, 0.2) is 0 Å². The Hall–Kier alpha value is -0.153. The van der Waals surface area contributed by atoms with E-state index in [1.165, 1.54) is 38.5 Å². The Labute approximate surface area is 155 Å². The monoisotopic (exact) mass is 362 g/mol. The Balaban J connectivity index is 1.57. The highest BCUT2D eigenvalue weighted by molar-refractivity contribution is 6.69. The molecule has 0 heterocycles. The van der Waals surface area contributed by atoms with Crippen molar-refractivity contribution in [1.29, 1.82) is 0 Å². The molecule has 0 bridgehead atoms. The van der Waals surface area contributed by atoms with Gasteiger partial charge in [-0.05, 0) is 99.1 Å². The molecular weight excluding hydrogens is 324 g/mol. The van der Waals surface area contributed by atoms with E-state index >= 15 is 0 Å². The van der Waals surface area contributed by atoms with Crippen molar-refractivity contribution >= 4 is 14.1 Å². The molecule has 0 amide bonds. The third-order valence-electron chi connectivity index (χ3n) is 8.89. The lowest BCUT2D eigenvalue weighted by molar-refractivity contribution is -0.141. The summed E-state index contributed by atoms with van der Waals surface area (Å²) in [5.41, 5.74) is 0.852. The normalized spacial score (nSPS) is 50.1. The van der Waals surface area contributed by atoms with Gasteiger partial charge < -0.3 is 4.43 Å². The predicted octanol–water partition coefficient (Wildman–Crippen LogP) is 5.82. The molecule has 4 aliphatic rings. The summed E-state index contributed by atoms with van der Waals surface area (Å²) in [6, 6.07) is 0. The minimum absolute atomic E-state index is 0.412. The molecule has 0 saturated heterocycles. The SMILES string of the molecule is C[C@]12CCC(=O)CC1CC[C@@H]1[C@@H]2CC[C@]2(C)C(O[Si](C)(C)C)CC[C@@H]12. The van der Waals surface area contributed by atoms with Crippen molar-refractivity contribution in [1.82, 2.24) is 0 Å². The summed E-state index contributed by atoms with van der Waals surface area (Å²) in [5.74, 6) is 3.83. The van der Waals surface area contributed by atoms with Crippen LogP contribution in [0.3, 0.4) is 0 Å². The fourth-order valence-corrected chi connectivity index (χ4v) is 8.86. The minimum Gasteiger partial charge on any atom is -0.414 e. The second kappa shape index (κ2) is 5.92. The molecule has 4 rings (SSSR count). The van der Waals surface area contributed by atoms with E-state index in [9.17, 15) is 4.79 Å². The van der Waals surface area contributed by atoms with Crippen molar-refractivity contribution in [3.8, 4) is 0 Å². The Morgan fingerprint density at radius 1 is 0.920 bits per heavy atom. The first-order valence-corrected chi connectivity index (χ1v) is 14.2. The molecule has 4 saturated carbocycles.